The minimum atomic E-state index is -3.19. The molecule has 0 amide bonds. The fraction of sp³-hybridized carbons (Fsp3) is 0.455. The van der Waals surface area contributed by atoms with Gasteiger partial charge >= 0.3 is 0 Å². The third-order valence-electron chi connectivity index (χ3n) is 2.77. The summed E-state index contributed by atoms with van der Waals surface area (Å²) >= 11 is 0. The van der Waals surface area contributed by atoms with Gasteiger partial charge in [-0.1, -0.05) is 30.3 Å². The van der Waals surface area contributed by atoms with Crippen LogP contribution in [0.25, 0.3) is 0 Å². The van der Waals surface area contributed by atoms with Crippen molar-refractivity contribution < 1.29 is 8.42 Å². The lowest BCUT2D eigenvalue weighted by Crippen LogP contribution is -2.32. The Labute approximate surface area is 108 Å². The van der Waals surface area contributed by atoms with Gasteiger partial charge in [0.15, 0.2) is 0 Å². The molecular formula is C11H17ClN2O2S. The summed E-state index contributed by atoms with van der Waals surface area (Å²) in [7, 11) is -3.19. The first-order valence-electron chi connectivity index (χ1n) is 5.35. The summed E-state index contributed by atoms with van der Waals surface area (Å²) in [5.74, 6) is 0.0700. The number of nitrogens with two attached hydrogens (primary N) is 1. The number of sulfonamides is 1. The number of hydrogen-bond donors (Lipinski definition) is 1. The molecular weight excluding hydrogens is 260 g/mol. The molecule has 17 heavy (non-hydrogen) atoms. The van der Waals surface area contributed by atoms with E-state index in [2.05, 4.69) is 0 Å². The zero-order valence-corrected chi connectivity index (χ0v) is 11.1. The van der Waals surface area contributed by atoms with Crippen LogP contribution in [0.1, 0.15) is 12.0 Å². The Hall–Kier alpha value is -0.620. The maximum atomic E-state index is 12.0. The van der Waals surface area contributed by atoms with E-state index in [4.69, 9.17) is 5.73 Å². The second kappa shape index (κ2) is 5.82. The number of rotatable bonds is 3. The molecule has 1 aromatic carbocycles. The van der Waals surface area contributed by atoms with Crippen molar-refractivity contribution in [1.82, 2.24) is 4.31 Å². The summed E-state index contributed by atoms with van der Waals surface area (Å²) in [4.78, 5) is 0. The van der Waals surface area contributed by atoms with Gasteiger partial charge in [-0.15, -0.1) is 12.4 Å². The average molecular weight is 277 g/mol. The van der Waals surface area contributed by atoms with E-state index in [1.807, 2.05) is 30.3 Å². The molecule has 0 bridgehead atoms. The molecule has 0 unspecified atom stereocenters. The summed E-state index contributed by atoms with van der Waals surface area (Å²) in [6, 6.07) is 9.22. The molecule has 2 rings (SSSR count). The smallest absolute Gasteiger partial charge is 0.218 e. The monoisotopic (exact) mass is 276 g/mol. The van der Waals surface area contributed by atoms with Crippen LogP contribution in [0.3, 0.4) is 0 Å². The first kappa shape index (κ1) is 14.4. The van der Waals surface area contributed by atoms with Crippen molar-refractivity contribution in [3.63, 3.8) is 0 Å². The van der Waals surface area contributed by atoms with Gasteiger partial charge in [0.1, 0.15) is 0 Å². The van der Waals surface area contributed by atoms with Crippen LogP contribution in [-0.4, -0.2) is 31.9 Å². The van der Waals surface area contributed by atoms with Crippen molar-refractivity contribution in [1.29, 1.82) is 0 Å². The minimum absolute atomic E-state index is 0. The standard InChI is InChI=1S/C11H16N2O2S.ClH/c12-11-6-7-13(8-11)16(14,15)9-10-4-2-1-3-5-10;/h1-5,11H,6-9,12H2;1H/t11-;/m1./s1. The Morgan fingerprint density at radius 3 is 2.47 bits per heavy atom. The molecule has 0 spiro atoms. The minimum Gasteiger partial charge on any atom is -0.326 e. The summed E-state index contributed by atoms with van der Waals surface area (Å²) in [6.45, 7) is 1.01. The van der Waals surface area contributed by atoms with Gasteiger partial charge in [-0.2, -0.15) is 0 Å². The van der Waals surface area contributed by atoms with Crippen LogP contribution < -0.4 is 5.73 Å². The largest absolute Gasteiger partial charge is 0.326 e. The molecule has 1 aliphatic rings. The lowest BCUT2D eigenvalue weighted by atomic mass is 10.2. The van der Waals surface area contributed by atoms with Gasteiger partial charge in [0, 0.05) is 19.1 Å². The SMILES string of the molecule is Cl.N[C@@H]1CCN(S(=O)(=O)Cc2ccccc2)C1. The van der Waals surface area contributed by atoms with E-state index in [-0.39, 0.29) is 24.2 Å². The molecule has 0 aliphatic carbocycles. The molecule has 1 aliphatic heterocycles. The van der Waals surface area contributed by atoms with E-state index < -0.39 is 10.0 Å². The van der Waals surface area contributed by atoms with Gasteiger partial charge in [-0.05, 0) is 12.0 Å². The van der Waals surface area contributed by atoms with Crippen molar-refractivity contribution >= 4 is 22.4 Å². The van der Waals surface area contributed by atoms with Crippen LogP contribution in [0.5, 0.6) is 0 Å². The summed E-state index contributed by atoms with van der Waals surface area (Å²) in [6.07, 6.45) is 0.758. The predicted molar refractivity (Wildman–Crippen MR) is 70.5 cm³/mol. The van der Waals surface area contributed by atoms with Crippen LogP contribution >= 0.6 is 12.4 Å². The van der Waals surface area contributed by atoms with Crippen molar-refractivity contribution in [3.8, 4) is 0 Å². The van der Waals surface area contributed by atoms with Gasteiger partial charge in [0.05, 0.1) is 5.75 Å². The molecule has 1 aromatic rings. The number of halogens is 1. The average Bonchev–Trinajstić information content (AvgIpc) is 2.66. The van der Waals surface area contributed by atoms with Crippen molar-refractivity contribution in [3.05, 3.63) is 35.9 Å². The number of nitrogens with zero attached hydrogens (tertiary/aromatic N) is 1. The topological polar surface area (TPSA) is 63.4 Å². The van der Waals surface area contributed by atoms with Gasteiger partial charge < -0.3 is 5.73 Å². The van der Waals surface area contributed by atoms with E-state index >= 15 is 0 Å². The van der Waals surface area contributed by atoms with E-state index in [1.54, 1.807) is 0 Å². The first-order valence-corrected chi connectivity index (χ1v) is 6.96. The van der Waals surface area contributed by atoms with E-state index in [0.717, 1.165) is 12.0 Å². The Balaban J connectivity index is 0.00000144. The van der Waals surface area contributed by atoms with Crippen LogP contribution in [-0.2, 0) is 15.8 Å². The molecule has 6 heteroatoms. The summed E-state index contributed by atoms with van der Waals surface area (Å²) in [5, 5.41) is 0. The fourth-order valence-electron chi connectivity index (χ4n) is 1.88. The molecule has 1 fully saturated rings. The van der Waals surface area contributed by atoms with E-state index in [0.29, 0.717) is 13.1 Å². The van der Waals surface area contributed by atoms with E-state index in [1.165, 1.54) is 4.31 Å². The van der Waals surface area contributed by atoms with Crippen molar-refractivity contribution in [2.75, 3.05) is 13.1 Å². The zero-order valence-electron chi connectivity index (χ0n) is 9.45. The lowest BCUT2D eigenvalue weighted by molar-refractivity contribution is 0.471. The highest BCUT2D eigenvalue weighted by Gasteiger charge is 2.29. The van der Waals surface area contributed by atoms with Crippen LogP contribution in [0.2, 0.25) is 0 Å². The molecule has 2 N–H and O–H groups in total. The molecule has 0 radical (unpaired) electrons. The maximum Gasteiger partial charge on any atom is 0.218 e. The van der Waals surface area contributed by atoms with Gasteiger partial charge in [-0.25, -0.2) is 12.7 Å². The Bertz CT molecular complexity index is 450. The van der Waals surface area contributed by atoms with Gasteiger partial charge in [-0.3, -0.25) is 0 Å². The number of benzene rings is 1. The highest BCUT2D eigenvalue weighted by atomic mass is 35.5. The number of hydrogen-bond acceptors (Lipinski definition) is 3. The van der Waals surface area contributed by atoms with Crippen molar-refractivity contribution in [2.45, 2.75) is 18.2 Å². The third-order valence-corrected chi connectivity index (χ3v) is 4.59. The highest BCUT2D eigenvalue weighted by molar-refractivity contribution is 7.88. The third kappa shape index (κ3) is 3.67. The molecule has 1 saturated heterocycles. The Morgan fingerprint density at radius 2 is 1.94 bits per heavy atom. The summed E-state index contributed by atoms with van der Waals surface area (Å²) in [5.41, 5.74) is 6.53. The molecule has 1 atom stereocenters. The first-order chi connectivity index (χ1) is 7.58. The van der Waals surface area contributed by atoms with Crippen LogP contribution in [0.4, 0.5) is 0 Å². The molecule has 0 saturated carbocycles. The Kier molecular flexibility index (Phi) is 4.94. The Morgan fingerprint density at radius 1 is 1.29 bits per heavy atom. The molecule has 0 aromatic heterocycles. The predicted octanol–water partition coefficient (Wildman–Crippen LogP) is 0.971. The van der Waals surface area contributed by atoms with Crippen LogP contribution in [0.15, 0.2) is 30.3 Å². The normalized spacial score (nSPS) is 21.1. The molecule has 96 valence electrons. The maximum absolute atomic E-state index is 12.0. The van der Waals surface area contributed by atoms with Gasteiger partial charge in [0.2, 0.25) is 10.0 Å². The lowest BCUT2D eigenvalue weighted by Gasteiger charge is -2.15. The zero-order chi connectivity index (χ0) is 11.6. The van der Waals surface area contributed by atoms with Crippen LogP contribution in [0, 0.1) is 0 Å². The second-order valence-electron chi connectivity index (χ2n) is 4.15. The second-order valence-corrected chi connectivity index (χ2v) is 6.12. The van der Waals surface area contributed by atoms with Crippen molar-refractivity contribution in [2.24, 2.45) is 5.73 Å². The van der Waals surface area contributed by atoms with E-state index in [9.17, 15) is 8.42 Å². The molecule has 4 nitrogen and oxygen atoms in total. The quantitative estimate of drug-likeness (QED) is 0.895. The van der Waals surface area contributed by atoms with Gasteiger partial charge in [0.25, 0.3) is 0 Å². The molecule has 1 heterocycles. The summed E-state index contributed by atoms with van der Waals surface area (Å²) < 4.78 is 25.5. The highest BCUT2D eigenvalue weighted by Crippen LogP contribution is 2.16. The fourth-order valence-corrected chi connectivity index (χ4v) is 3.48.